The molecule has 3 rings (SSSR count). The quantitative estimate of drug-likeness (QED) is 0.507. The maximum absolute atomic E-state index is 11.9. The first kappa shape index (κ1) is 13.6. The van der Waals surface area contributed by atoms with Gasteiger partial charge in [0.1, 0.15) is 11.4 Å². The first-order valence-electron chi connectivity index (χ1n) is 6.44. The van der Waals surface area contributed by atoms with Gasteiger partial charge in [0.25, 0.3) is 5.91 Å². The summed E-state index contributed by atoms with van der Waals surface area (Å²) in [4.78, 5) is 11.9. The number of benzene rings is 1. The van der Waals surface area contributed by atoms with Crippen LogP contribution in [0.25, 0.3) is 11.5 Å². The number of hydrazone groups is 1. The summed E-state index contributed by atoms with van der Waals surface area (Å²) in [6, 6.07) is 11.5. The van der Waals surface area contributed by atoms with Crippen molar-refractivity contribution in [3.8, 4) is 17.2 Å². The number of aromatic nitrogens is 2. The topological polar surface area (TPSA) is 104 Å². The Morgan fingerprint density at radius 2 is 2.14 bits per heavy atom. The van der Waals surface area contributed by atoms with Crippen molar-refractivity contribution in [3.63, 3.8) is 0 Å². The lowest BCUT2D eigenvalue weighted by atomic mass is 10.2. The minimum absolute atomic E-state index is 0.170. The fourth-order valence-electron chi connectivity index (χ4n) is 1.78. The lowest BCUT2D eigenvalue weighted by Crippen LogP contribution is -2.17. The van der Waals surface area contributed by atoms with E-state index in [2.05, 4.69) is 20.7 Å². The highest BCUT2D eigenvalue weighted by molar-refractivity contribution is 5.93. The largest absolute Gasteiger partial charge is 0.508 e. The van der Waals surface area contributed by atoms with Crippen LogP contribution in [0.3, 0.4) is 0 Å². The number of nitrogens with zero attached hydrogens (tertiary/aromatic N) is 2. The molecule has 0 saturated carbocycles. The summed E-state index contributed by atoms with van der Waals surface area (Å²) in [6.45, 7) is 0. The van der Waals surface area contributed by atoms with Gasteiger partial charge in [-0.2, -0.15) is 10.2 Å². The minimum Gasteiger partial charge on any atom is -0.508 e. The molecule has 0 aliphatic heterocycles. The fraction of sp³-hybridized carbons (Fsp3) is 0. The molecule has 0 unspecified atom stereocenters. The first-order valence-corrected chi connectivity index (χ1v) is 6.44. The molecule has 0 saturated heterocycles. The lowest BCUT2D eigenvalue weighted by Gasteiger charge is -1.95. The molecule has 0 aliphatic carbocycles. The average molecular weight is 296 g/mol. The van der Waals surface area contributed by atoms with Crippen LogP contribution >= 0.6 is 0 Å². The third-order valence-corrected chi connectivity index (χ3v) is 2.87. The van der Waals surface area contributed by atoms with E-state index in [1.165, 1.54) is 24.6 Å². The summed E-state index contributed by atoms with van der Waals surface area (Å²) in [5, 5.41) is 19.6. The van der Waals surface area contributed by atoms with E-state index in [-0.39, 0.29) is 11.4 Å². The predicted octanol–water partition coefficient (Wildman–Crippen LogP) is 2.14. The summed E-state index contributed by atoms with van der Waals surface area (Å²) >= 11 is 0. The van der Waals surface area contributed by atoms with Crippen molar-refractivity contribution >= 4 is 12.1 Å². The van der Waals surface area contributed by atoms with Crippen LogP contribution in [0.2, 0.25) is 0 Å². The third kappa shape index (κ3) is 3.04. The number of aromatic hydroxyl groups is 1. The van der Waals surface area contributed by atoms with Crippen LogP contribution < -0.4 is 5.43 Å². The van der Waals surface area contributed by atoms with Gasteiger partial charge in [0.05, 0.1) is 12.5 Å². The smallest absolute Gasteiger partial charge is 0.291 e. The van der Waals surface area contributed by atoms with E-state index in [0.29, 0.717) is 11.5 Å². The second kappa shape index (κ2) is 5.96. The molecule has 3 aromatic rings. The Labute approximate surface area is 125 Å². The molecule has 7 heteroatoms. The van der Waals surface area contributed by atoms with E-state index in [4.69, 9.17) is 9.52 Å². The highest BCUT2D eigenvalue weighted by atomic mass is 16.3. The molecular weight excluding hydrogens is 284 g/mol. The molecule has 1 aromatic carbocycles. The molecule has 3 N–H and O–H groups in total. The van der Waals surface area contributed by atoms with Gasteiger partial charge in [0, 0.05) is 6.07 Å². The second-order valence-corrected chi connectivity index (χ2v) is 4.43. The number of aromatic amines is 1. The van der Waals surface area contributed by atoms with Crippen LogP contribution in [0.15, 0.2) is 58.2 Å². The number of hydrogen-bond donors (Lipinski definition) is 3. The van der Waals surface area contributed by atoms with Crippen molar-refractivity contribution in [1.29, 1.82) is 0 Å². The average Bonchev–Trinajstić information content (AvgIpc) is 3.20. The summed E-state index contributed by atoms with van der Waals surface area (Å²) < 4.78 is 5.21. The van der Waals surface area contributed by atoms with Gasteiger partial charge in [0.2, 0.25) is 0 Å². The molecule has 7 nitrogen and oxygen atoms in total. The van der Waals surface area contributed by atoms with Crippen molar-refractivity contribution in [2.75, 3.05) is 0 Å². The summed E-state index contributed by atoms with van der Waals surface area (Å²) in [6.07, 6.45) is 3.01. The van der Waals surface area contributed by atoms with Crippen LogP contribution in [0.5, 0.6) is 5.75 Å². The first-order chi connectivity index (χ1) is 10.7. The standard InChI is InChI=1S/C15H12N4O3/c20-11-5-3-10(4-6-11)9-16-19-15(21)13-8-12(17-18-13)14-2-1-7-22-14/h1-9,20H,(H,17,18)(H,19,21)/b16-9+. The minimum atomic E-state index is -0.441. The van der Waals surface area contributed by atoms with E-state index in [1.54, 1.807) is 30.3 Å². The Morgan fingerprint density at radius 1 is 1.32 bits per heavy atom. The van der Waals surface area contributed by atoms with Crippen molar-refractivity contribution in [3.05, 3.63) is 60.0 Å². The second-order valence-electron chi connectivity index (χ2n) is 4.43. The molecule has 22 heavy (non-hydrogen) atoms. The zero-order chi connectivity index (χ0) is 15.4. The van der Waals surface area contributed by atoms with Crippen LogP contribution in [-0.4, -0.2) is 27.4 Å². The summed E-state index contributed by atoms with van der Waals surface area (Å²) in [5.41, 5.74) is 3.93. The molecule has 0 fully saturated rings. The number of amides is 1. The third-order valence-electron chi connectivity index (χ3n) is 2.87. The van der Waals surface area contributed by atoms with Gasteiger partial charge in [-0.1, -0.05) is 0 Å². The van der Waals surface area contributed by atoms with Gasteiger partial charge in [-0.05, 0) is 42.0 Å². The van der Waals surface area contributed by atoms with Crippen molar-refractivity contribution in [2.24, 2.45) is 5.10 Å². The molecule has 1 amide bonds. The molecule has 0 aliphatic rings. The zero-order valence-corrected chi connectivity index (χ0v) is 11.4. The monoisotopic (exact) mass is 296 g/mol. The van der Waals surface area contributed by atoms with Gasteiger partial charge in [-0.25, -0.2) is 5.43 Å². The molecule has 0 radical (unpaired) electrons. The Bertz CT molecular complexity index is 789. The van der Waals surface area contributed by atoms with Crippen molar-refractivity contribution in [1.82, 2.24) is 15.6 Å². The van der Waals surface area contributed by atoms with Gasteiger partial charge in [-0.3, -0.25) is 9.89 Å². The maximum Gasteiger partial charge on any atom is 0.291 e. The SMILES string of the molecule is O=C(N/N=C/c1ccc(O)cc1)c1cc(-c2ccco2)[nH]n1. The molecule has 2 heterocycles. The number of carbonyl (C=O) groups excluding carboxylic acids is 1. The van der Waals surface area contributed by atoms with Crippen molar-refractivity contribution in [2.45, 2.75) is 0 Å². The fourth-order valence-corrected chi connectivity index (χ4v) is 1.78. The zero-order valence-electron chi connectivity index (χ0n) is 11.4. The Hall–Kier alpha value is -3.35. The Morgan fingerprint density at radius 3 is 2.86 bits per heavy atom. The number of rotatable bonds is 4. The van der Waals surface area contributed by atoms with Crippen LogP contribution in [0.4, 0.5) is 0 Å². The summed E-state index contributed by atoms with van der Waals surface area (Å²) in [5.74, 6) is 0.325. The van der Waals surface area contributed by atoms with E-state index < -0.39 is 5.91 Å². The Kier molecular flexibility index (Phi) is 3.69. The van der Waals surface area contributed by atoms with E-state index in [0.717, 1.165) is 5.56 Å². The van der Waals surface area contributed by atoms with Gasteiger partial charge in [0.15, 0.2) is 11.5 Å². The number of furan rings is 1. The number of phenols is 1. The van der Waals surface area contributed by atoms with E-state index >= 15 is 0 Å². The van der Waals surface area contributed by atoms with Crippen LogP contribution in [0, 0.1) is 0 Å². The van der Waals surface area contributed by atoms with E-state index in [1.807, 2.05) is 0 Å². The highest BCUT2D eigenvalue weighted by Crippen LogP contribution is 2.17. The molecule has 110 valence electrons. The number of phenolic OH excluding ortho intramolecular Hbond substituents is 1. The highest BCUT2D eigenvalue weighted by Gasteiger charge is 2.11. The van der Waals surface area contributed by atoms with Crippen molar-refractivity contribution < 1.29 is 14.3 Å². The predicted molar refractivity (Wildman–Crippen MR) is 79.5 cm³/mol. The van der Waals surface area contributed by atoms with Gasteiger partial charge in [-0.15, -0.1) is 0 Å². The number of nitrogens with one attached hydrogen (secondary N) is 2. The Balaban J connectivity index is 1.63. The molecular formula is C15H12N4O3. The maximum atomic E-state index is 11.9. The summed E-state index contributed by atoms with van der Waals surface area (Å²) in [7, 11) is 0. The number of carbonyl (C=O) groups is 1. The number of H-pyrrole nitrogens is 1. The van der Waals surface area contributed by atoms with E-state index in [9.17, 15) is 4.79 Å². The lowest BCUT2D eigenvalue weighted by molar-refractivity contribution is 0.0950. The van der Waals surface area contributed by atoms with Crippen LogP contribution in [-0.2, 0) is 0 Å². The van der Waals surface area contributed by atoms with Gasteiger partial charge < -0.3 is 9.52 Å². The number of hydrogen-bond acceptors (Lipinski definition) is 5. The molecule has 0 bridgehead atoms. The molecule has 2 aromatic heterocycles. The molecule has 0 spiro atoms. The molecule has 0 atom stereocenters. The van der Waals surface area contributed by atoms with Crippen LogP contribution in [0.1, 0.15) is 16.1 Å². The normalized spacial score (nSPS) is 10.9. The van der Waals surface area contributed by atoms with Gasteiger partial charge >= 0.3 is 0 Å².